The van der Waals surface area contributed by atoms with Crippen LogP contribution in [0.25, 0.3) is 22.3 Å². The van der Waals surface area contributed by atoms with E-state index in [2.05, 4.69) is 80.3 Å². The fourth-order valence-corrected chi connectivity index (χ4v) is 8.38. The van der Waals surface area contributed by atoms with Gasteiger partial charge in [0, 0.05) is 52.6 Å². The molecule has 0 radical (unpaired) electrons. The lowest BCUT2D eigenvalue weighted by molar-refractivity contribution is -0.153. The van der Waals surface area contributed by atoms with E-state index in [1.807, 2.05) is 57.2 Å². The van der Waals surface area contributed by atoms with Gasteiger partial charge in [-0.05, 0) is 88.5 Å². The Morgan fingerprint density at radius 2 is 1.16 bits per heavy atom. The van der Waals surface area contributed by atoms with E-state index >= 15 is 0 Å². The maximum atomic E-state index is 12.7. The average molecular weight is 966 g/mol. The summed E-state index contributed by atoms with van der Waals surface area (Å²) in [6.07, 6.45) is 8.91. The number of carbonyl (C=O) groups excluding carboxylic acids is 1. The molecule has 19 heteroatoms. The van der Waals surface area contributed by atoms with Crippen molar-refractivity contribution in [1.29, 1.82) is 0 Å². The fraction of sp³-hybridized carbons (Fsp3) is 0.386. The topological polar surface area (TPSA) is 200 Å². The second-order valence-electron chi connectivity index (χ2n) is 16.3. The van der Waals surface area contributed by atoms with Crippen molar-refractivity contribution in [3.8, 4) is 34.0 Å². The molecule has 0 spiro atoms. The first-order chi connectivity index (χ1) is 29.6. The molecule has 0 aliphatic rings. The maximum absolute atomic E-state index is 12.7. The van der Waals surface area contributed by atoms with E-state index in [0.717, 1.165) is 50.4 Å². The minimum absolute atomic E-state index is 0.0156. The molecule has 2 aromatic carbocycles. The Balaban J connectivity index is 0.000000243. The molecule has 63 heavy (non-hydrogen) atoms. The first kappa shape index (κ1) is 48.5. The van der Waals surface area contributed by atoms with E-state index in [0.29, 0.717) is 30.8 Å². The lowest BCUT2D eigenvalue weighted by Gasteiger charge is -2.22. The Morgan fingerprint density at radius 1 is 0.698 bits per heavy atom. The van der Waals surface area contributed by atoms with Crippen molar-refractivity contribution in [3.63, 3.8) is 0 Å². The summed E-state index contributed by atoms with van der Waals surface area (Å²) in [6.45, 7) is 15.3. The molecule has 0 saturated heterocycles. The van der Waals surface area contributed by atoms with Crippen LogP contribution in [-0.2, 0) is 48.7 Å². The number of sulfone groups is 2. The predicted molar refractivity (Wildman–Crippen MR) is 242 cm³/mol. The van der Waals surface area contributed by atoms with E-state index in [1.54, 1.807) is 30.9 Å². The summed E-state index contributed by atoms with van der Waals surface area (Å²) in [7, 11) is -6.67. The van der Waals surface area contributed by atoms with Crippen LogP contribution in [-0.4, -0.2) is 94.1 Å². The quantitative estimate of drug-likeness (QED) is 0.0862. The number of esters is 1. The van der Waals surface area contributed by atoms with E-state index in [1.165, 1.54) is 27.1 Å². The van der Waals surface area contributed by atoms with Gasteiger partial charge in [-0.1, -0.05) is 64.1 Å². The van der Waals surface area contributed by atoms with Crippen molar-refractivity contribution in [3.05, 3.63) is 107 Å². The summed E-state index contributed by atoms with van der Waals surface area (Å²) in [6, 6.07) is 18.6. The van der Waals surface area contributed by atoms with Gasteiger partial charge in [0.2, 0.25) is 11.8 Å². The minimum Gasteiger partial charge on any atom is -0.475 e. The molecule has 336 valence electrons. The third kappa shape index (κ3) is 14.0. The number of aromatic nitrogens is 8. The van der Waals surface area contributed by atoms with Gasteiger partial charge in [-0.2, -0.15) is 20.4 Å². The molecule has 4 aromatic heterocycles. The zero-order chi connectivity index (χ0) is 46.1. The largest absolute Gasteiger partial charge is 0.475 e. The van der Waals surface area contributed by atoms with Crippen LogP contribution in [0, 0.1) is 0 Å². The van der Waals surface area contributed by atoms with Crippen molar-refractivity contribution < 1.29 is 35.8 Å². The highest BCUT2D eigenvalue weighted by molar-refractivity contribution is 9.10. The number of rotatable bonds is 16. The number of benzene rings is 2. The van der Waals surface area contributed by atoms with E-state index < -0.39 is 25.3 Å². The van der Waals surface area contributed by atoms with Gasteiger partial charge in [-0.3, -0.25) is 14.2 Å². The molecule has 0 saturated carbocycles. The standard InChI is InChI=1S/C25H32N4O5S.C19H21BrN4O3S/c1-17(2)19-8-7-9-20(21(19)15-24(30)34-25(3,4)5)18-14-22(27-26-16-18)33-13-12-29-11-10-23(28-29)35(6,31)32;1-13(2)15-5-4-6-16(19(15)20)14-11-17(22-21-12-14)27-10-9-24-8-7-18(23-24)28(3,25)26/h7-11,14,16-17H,12-13,15H2,1-6H3;4-8,11-13H,9-10H2,1-3H3. The van der Waals surface area contributed by atoms with Gasteiger partial charge in [-0.15, -0.1) is 10.2 Å². The van der Waals surface area contributed by atoms with Crippen molar-refractivity contribution in [2.45, 2.75) is 95.5 Å². The van der Waals surface area contributed by atoms with Crippen molar-refractivity contribution in [1.82, 2.24) is 40.0 Å². The molecule has 0 aliphatic carbocycles. The van der Waals surface area contributed by atoms with Crippen molar-refractivity contribution in [2.75, 3.05) is 25.7 Å². The Morgan fingerprint density at radius 3 is 1.60 bits per heavy atom. The molecule has 6 rings (SSSR count). The highest BCUT2D eigenvalue weighted by atomic mass is 79.9. The van der Waals surface area contributed by atoms with Crippen LogP contribution in [0.4, 0.5) is 0 Å². The van der Waals surface area contributed by atoms with Crippen LogP contribution in [0.5, 0.6) is 11.8 Å². The number of halogens is 1. The van der Waals surface area contributed by atoms with Gasteiger partial charge in [-0.25, -0.2) is 16.8 Å². The Kier molecular flexibility index (Phi) is 16.0. The molecule has 0 bridgehead atoms. The van der Waals surface area contributed by atoms with Gasteiger partial charge in [0.05, 0.1) is 31.9 Å². The van der Waals surface area contributed by atoms with Gasteiger partial charge in [0.15, 0.2) is 29.7 Å². The average Bonchev–Trinajstić information content (AvgIpc) is 3.89. The summed E-state index contributed by atoms with van der Waals surface area (Å²) in [4.78, 5) is 12.7. The smallest absolute Gasteiger partial charge is 0.310 e. The lowest BCUT2D eigenvalue weighted by atomic mass is 9.89. The second kappa shape index (κ2) is 20.8. The maximum Gasteiger partial charge on any atom is 0.310 e. The SMILES string of the molecule is CC(C)c1cccc(-c2cnnc(OCCn3ccc(S(C)(=O)=O)n3)c2)c1Br.CC(C)c1cccc(-c2cnnc(OCCn3ccc(S(C)(=O)=O)n3)c2)c1CC(=O)OC(C)(C)C. The van der Waals surface area contributed by atoms with Crippen LogP contribution in [0.1, 0.15) is 77.0 Å². The van der Waals surface area contributed by atoms with Crippen LogP contribution >= 0.6 is 15.9 Å². The number of ether oxygens (including phenoxy) is 3. The minimum atomic E-state index is -3.36. The third-order valence-electron chi connectivity index (χ3n) is 9.25. The van der Waals surface area contributed by atoms with Crippen molar-refractivity contribution >= 4 is 41.6 Å². The Hall–Kier alpha value is -5.53. The number of hydrogen-bond acceptors (Lipinski definition) is 14. The van der Waals surface area contributed by atoms with Crippen LogP contribution < -0.4 is 9.47 Å². The fourth-order valence-electron chi connectivity index (χ4n) is 6.30. The molecular formula is C44H53BrN8O8S2. The second-order valence-corrected chi connectivity index (χ2v) is 21.0. The van der Waals surface area contributed by atoms with E-state index in [9.17, 15) is 21.6 Å². The van der Waals surface area contributed by atoms with Crippen LogP contribution in [0.2, 0.25) is 0 Å². The first-order valence-electron chi connectivity index (χ1n) is 20.1. The first-order valence-corrected chi connectivity index (χ1v) is 24.7. The molecular weight excluding hydrogens is 913 g/mol. The summed E-state index contributed by atoms with van der Waals surface area (Å²) < 4.78 is 67.2. The highest BCUT2D eigenvalue weighted by Gasteiger charge is 2.22. The number of hydrogen-bond donors (Lipinski definition) is 0. The molecule has 6 aromatic rings. The van der Waals surface area contributed by atoms with Gasteiger partial charge >= 0.3 is 5.97 Å². The van der Waals surface area contributed by atoms with Gasteiger partial charge in [0.1, 0.15) is 18.8 Å². The van der Waals surface area contributed by atoms with Gasteiger partial charge < -0.3 is 14.2 Å². The van der Waals surface area contributed by atoms with Crippen LogP contribution in [0.15, 0.2) is 100.0 Å². The summed E-state index contributed by atoms with van der Waals surface area (Å²) in [5, 5.41) is 24.3. The molecule has 0 unspecified atom stereocenters. The highest BCUT2D eigenvalue weighted by Crippen LogP contribution is 2.35. The zero-order valence-electron chi connectivity index (χ0n) is 36.8. The lowest BCUT2D eigenvalue weighted by Crippen LogP contribution is -2.25. The van der Waals surface area contributed by atoms with Gasteiger partial charge in [0.25, 0.3) is 0 Å². The number of carbonyl (C=O) groups is 1. The molecule has 16 nitrogen and oxygen atoms in total. The van der Waals surface area contributed by atoms with Crippen LogP contribution in [0.3, 0.4) is 0 Å². The monoisotopic (exact) mass is 964 g/mol. The Bertz CT molecular complexity index is 2750. The molecule has 0 atom stereocenters. The normalized spacial score (nSPS) is 11.9. The molecule has 4 heterocycles. The molecule has 0 N–H and O–H groups in total. The molecule has 0 aliphatic heterocycles. The molecule has 0 amide bonds. The summed E-state index contributed by atoms with van der Waals surface area (Å²) in [5.41, 5.74) is 6.17. The van der Waals surface area contributed by atoms with Crippen molar-refractivity contribution in [2.24, 2.45) is 0 Å². The third-order valence-corrected chi connectivity index (χ3v) is 12.1. The van der Waals surface area contributed by atoms with E-state index in [-0.39, 0.29) is 41.6 Å². The van der Waals surface area contributed by atoms with E-state index in [4.69, 9.17) is 14.2 Å². The predicted octanol–water partition coefficient (Wildman–Crippen LogP) is 7.54. The Labute approximate surface area is 377 Å². The summed E-state index contributed by atoms with van der Waals surface area (Å²) >= 11 is 3.69. The molecule has 0 fully saturated rings. The number of nitrogens with zero attached hydrogens (tertiary/aromatic N) is 8. The zero-order valence-corrected chi connectivity index (χ0v) is 40.0. The summed E-state index contributed by atoms with van der Waals surface area (Å²) in [5.74, 6) is 1.03.